The Balaban J connectivity index is 1.77. The Morgan fingerprint density at radius 3 is 2.68 bits per heavy atom. The lowest BCUT2D eigenvalue weighted by atomic mass is 9.79. The van der Waals surface area contributed by atoms with Crippen LogP contribution in [0, 0.1) is 11.8 Å². The van der Waals surface area contributed by atoms with Crippen molar-refractivity contribution in [3.63, 3.8) is 0 Å². The first-order chi connectivity index (χ1) is 16.0. The number of aromatic nitrogens is 1. The lowest BCUT2D eigenvalue weighted by Gasteiger charge is -2.46. The van der Waals surface area contributed by atoms with Gasteiger partial charge in [-0.3, -0.25) is 4.79 Å². The van der Waals surface area contributed by atoms with Crippen molar-refractivity contribution in [2.75, 3.05) is 6.79 Å². The van der Waals surface area contributed by atoms with Gasteiger partial charge in [-0.15, -0.1) is 11.3 Å². The number of thiazole rings is 1. The van der Waals surface area contributed by atoms with Gasteiger partial charge in [0.2, 0.25) is 12.7 Å². The number of rotatable bonds is 8. The minimum atomic E-state index is -0.983. The zero-order valence-corrected chi connectivity index (χ0v) is 21.1. The van der Waals surface area contributed by atoms with Crippen molar-refractivity contribution >= 4 is 47.2 Å². The monoisotopic (exact) mass is 512 g/mol. The zero-order chi connectivity index (χ0) is 25.2. The van der Waals surface area contributed by atoms with E-state index >= 15 is 0 Å². The molecular formula is C22H28N2O8S2. The van der Waals surface area contributed by atoms with Gasteiger partial charge < -0.3 is 29.3 Å². The van der Waals surface area contributed by atoms with Crippen LogP contribution in [0.15, 0.2) is 21.5 Å². The molecule has 0 spiro atoms. The molecule has 2 N–H and O–H groups in total. The Morgan fingerprint density at radius 1 is 1.35 bits per heavy atom. The molecule has 12 heteroatoms. The Morgan fingerprint density at radius 2 is 2.06 bits per heavy atom. The van der Waals surface area contributed by atoms with E-state index in [1.807, 2.05) is 6.92 Å². The van der Waals surface area contributed by atoms with Crippen molar-refractivity contribution in [3.05, 3.63) is 32.1 Å². The van der Waals surface area contributed by atoms with Crippen LogP contribution >= 0.6 is 23.1 Å². The number of β-lactam (4-membered cyclic amide) rings is 1. The zero-order valence-electron chi connectivity index (χ0n) is 19.5. The summed E-state index contributed by atoms with van der Waals surface area (Å²) in [6.07, 6.45) is -0.0813. The molecule has 1 aromatic heterocycles. The van der Waals surface area contributed by atoms with E-state index in [0.717, 1.165) is 4.88 Å². The quantitative estimate of drug-likeness (QED) is 0.304. The molecule has 1 aromatic rings. The van der Waals surface area contributed by atoms with Crippen molar-refractivity contribution in [1.29, 1.82) is 0 Å². The Hall–Kier alpha value is -2.41. The van der Waals surface area contributed by atoms with Gasteiger partial charge in [0, 0.05) is 10.8 Å². The summed E-state index contributed by atoms with van der Waals surface area (Å²) in [5.74, 6) is -2.04. The molecule has 186 valence electrons. The van der Waals surface area contributed by atoms with E-state index in [1.54, 1.807) is 44.7 Å². The van der Waals surface area contributed by atoms with Gasteiger partial charge in [0.05, 0.1) is 40.8 Å². The normalized spacial score (nSPS) is 23.1. The molecule has 3 heterocycles. The summed E-state index contributed by atoms with van der Waals surface area (Å²) in [5, 5.41) is 21.2. The van der Waals surface area contributed by atoms with Crippen LogP contribution in [0.1, 0.15) is 45.2 Å². The van der Waals surface area contributed by atoms with Crippen LogP contribution in [-0.2, 0) is 30.4 Å². The predicted octanol–water partition coefficient (Wildman–Crippen LogP) is 2.86. The SMILES string of the molecule is C[C@@H](O)[C@H]1C(=O)N2C(C(=O)OCOC(=O)OC(C)(C)C)=C(SC=Cc3scnc3CO)[C@H](C)[C@H]12. The average molecular weight is 513 g/mol. The van der Waals surface area contributed by atoms with Crippen molar-refractivity contribution in [2.24, 2.45) is 11.8 Å². The van der Waals surface area contributed by atoms with Gasteiger partial charge in [0.1, 0.15) is 11.3 Å². The number of amides is 1. The number of carbonyl (C=O) groups excluding carboxylic acids is 3. The predicted molar refractivity (Wildman–Crippen MR) is 125 cm³/mol. The molecule has 1 amide bonds. The van der Waals surface area contributed by atoms with Crippen LogP contribution in [-0.4, -0.2) is 62.7 Å². The van der Waals surface area contributed by atoms with Crippen LogP contribution in [0.25, 0.3) is 6.08 Å². The number of aliphatic hydroxyl groups excluding tert-OH is 2. The molecule has 2 aliphatic rings. The highest BCUT2D eigenvalue weighted by molar-refractivity contribution is 8.06. The Labute approximate surface area is 205 Å². The number of hydrogen-bond donors (Lipinski definition) is 2. The van der Waals surface area contributed by atoms with Crippen LogP contribution in [0.3, 0.4) is 0 Å². The highest BCUT2D eigenvalue weighted by Crippen LogP contribution is 2.51. The summed E-state index contributed by atoms with van der Waals surface area (Å²) >= 11 is 2.61. The molecule has 4 atom stereocenters. The smallest absolute Gasteiger partial charge is 0.428 e. The number of ether oxygens (including phenoxy) is 3. The van der Waals surface area contributed by atoms with Crippen LogP contribution in [0.2, 0.25) is 0 Å². The molecular weight excluding hydrogens is 484 g/mol. The number of fused-ring (bicyclic) bond motifs is 1. The topological polar surface area (TPSA) is 135 Å². The lowest BCUT2D eigenvalue weighted by molar-refractivity contribution is -0.167. The number of aliphatic hydroxyl groups is 2. The van der Waals surface area contributed by atoms with Gasteiger partial charge in [-0.05, 0) is 39.2 Å². The number of carbonyl (C=O) groups is 3. The Kier molecular flexibility index (Phi) is 8.06. The largest absolute Gasteiger partial charge is 0.511 e. The number of nitrogens with zero attached hydrogens (tertiary/aromatic N) is 2. The molecule has 1 saturated heterocycles. The molecule has 0 bridgehead atoms. The third kappa shape index (κ3) is 5.45. The second-order valence-corrected chi connectivity index (χ2v) is 10.7. The van der Waals surface area contributed by atoms with Crippen LogP contribution < -0.4 is 0 Å². The molecule has 3 rings (SSSR count). The summed E-state index contributed by atoms with van der Waals surface area (Å²) in [6, 6.07) is -0.380. The maximum atomic E-state index is 12.9. The summed E-state index contributed by atoms with van der Waals surface area (Å²) in [4.78, 5) is 44.2. The van der Waals surface area contributed by atoms with E-state index in [2.05, 4.69) is 4.98 Å². The summed E-state index contributed by atoms with van der Waals surface area (Å²) in [7, 11) is 0. The molecule has 0 unspecified atom stereocenters. The molecule has 0 saturated carbocycles. The van der Waals surface area contributed by atoms with Gasteiger partial charge in [-0.1, -0.05) is 18.7 Å². The fraction of sp³-hybridized carbons (Fsp3) is 0.545. The van der Waals surface area contributed by atoms with Crippen molar-refractivity contribution in [3.8, 4) is 0 Å². The second kappa shape index (κ2) is 10.5. The fourth-order valence-corrected chi connectivity index (χ4v) is 5.63. The molecule has 10 nitrogen and oxygen atoms in total. The first-order valence-corrected chi connectivity index (χ1v) is 12.4. The molecule has 34 heavy (non-hydrogen) atoms. The van der Waals surface area contributed by atoms with E-state index in [4.69, 9.17) is 14.2 Å². The van der Waals surface area contributed by atoms with E-state index < -0.39 is 36.5 Å². The molecule has 2 aliphatic heterocycles. The van der Waals surface area contributed by atoms with Gasteiger partial charge in [-0.25, -0.2) is 14.6 Å². The molecule has 0 radical (unpaired) electrons. The average Bonchev–Trinajstić information content (AvgIpc) is 3.27. The first kappa shape index (κ1) is 26.2. The standard InChI is InChI=1S/C22H28N2O8S2/c1-11-16-15(12(2)26)19(27)24(16)17(20(28)30-10-31-21(29)32-22(3,4)5)18(11)33-7-6-14-13(8-25)23-9-34-14/h6-7,9,11-12,15-16,25-26H,8,10H2,1-5H3/t11-,12-,15-,16-/m1/s1. The van der Waals surface area contributed by atoms with Crippen LogP contribution in [0.5, 0.6) is 0 Å². The molecule has 1 fully saturated rings. The van der Waals surface area contributed by atoms with E-state index in [0.29, 0.717) is 10.6 Å². The third-order valence-electron chi connectivity index (χ3n) is 5.30. The fourth-order valence-electron chi connectivity index (χ4n) is 3.85. The summed E-state index contributed by atoms with van der Waals surface area (Å²) in [5.41, 5.74) is 1.47. The second-order valence-electron chi connectivity index (χ2n) is 8.87. The molecule has 0 aromatic carbocycles. The minimum absolute atomic E-state index is 0.0634. The van der Waals surface area contributed by atoms with E-state index in [9.17, 15) is 24.6 Å². The highest BCUT2D eigenvalue weighted by atomic mass is 32.2. The number of thioether (sulfide) groups is 1. The lowest BCUT2D eigenvalue weighted by Crippen LogP contribution is -2.63. The Bertz CT molecular complexity index is 1010. The van der Waals surface area contributed by atoms with Crippen molar-refractivity contribution < 1.29 is 38.8 Å². The summed E-state index contributed by atoms with van der Waals surface area (Å²) in [6.45, 7) is 7.57. The number of esters is 1. The maximum absolute atomic E-state index is 12.9. The third-order valence-corrected chi connectivity index (χ3v) is 7.22. The van der Waals surface area contributed by atoms with Gasteiger partial charge >= 0.3 is 12.1 Å². The van der Waals surface area contributed by atoms with Crippen LogP contribution in [0.4, 0.5) is 4.79 Å². The molecule has 0 aliphatic carbocycles. The highest BCUT2D eigenvalue weighted by Gasteiger charge is 2.60. The maximum Gasteiger partial charge on any atom is 0.511 e. The minimum Gasteiger partial charge on any atom is -0.428 e. The number of hydrogen-bond acceptors (Lipinski definition) is 11. The van der Waals surface area contributed by atoms with Gasteiger partial charge in [0.25, 0.3) is 0 Å². The summed E-state index contributed by atoms with van der Waals surface area (Å²) < 4.78 is 14.9. The van der Waals surface area contributed by atoms with Gasteiger partial charge in [-0.2, -0.15) is 0 Å². The van der Waals surface area contributed by atoms with E-state index in [-0.39, 0.29) is 30.2 Å². The van der Waals surface area contributed by atoms with Crippen molar-refractivity contribution in [1.82, 2.24) is 9.88 Å². The van der Waals surface area contributed by atoms with Crippen molar-refractivity contribution in [2.45, 2.75) is 59.0 Å². The van der Waals surface area contributed by atoms with Gasteiger partial charge in [0.15, 0.2) is 0 Å². The van der Waals surface area contributed by atoms with E-state index in [1.165, 1.54) is 28.0 Å². The first-order valence-electron chi connectivity index (χ1n) is 10.6.